The first-order chi connectivity index (χ1) is 18.5. The molecule has 1 unspecified atom stereocenters. The highest BCUT2D eigenvalue weighted by Gasteiger charge is 2.36. The standard InChI is InChI=1S/C28H24ClN7O2/c1-34-16-19-13-31-17-32-25(19)35(15-18-8-10-21(38-2)11-9-18)27(34)26-33-23-7-3-6-22(29)24(23)28(37)36(26)20-5-4-12-30-14-20/h3-14,17,27H,15-16H2,1-2H3. The van der Waals surface area contributed by atoms with Crippen molar-refractivity contribution >= 4 is 28.3 Å². The summed E-state index contributed by atoms with van der Waals surface area (Å²) >= 11 is 6.50. The van der Waals surface area contributed by atoms with E-state index < -0.39 is 6.17 Å². The lowest BCUT2D eigenvalue weighted by molar-refractivity contribution is 0.198. The Bertz CT molecular complexity index is 1680. The van der Waals surface area contributed by atoms with Gasteiger partial charge in [0.05, 0.1) is 34.9 Å². The minimum atomic E-state index is -0.434. The molecule has 38 heavy (non-hydrogen) atoms. The van der Waals surface area contributed by atoms with Crippen molar-refractivity contribution in [1.29, 1.82) is 0 Å². The van der Waals surface area contributed by atoms with Crippen LogP contribution >= 0.6 is 11.6 Å². The van der Waals surface area contributed by atoms with Crippen molar-refractivity contribution in [2.45, 2.75) is 19.3 Å². The van der Waals surface area contributed by atoms with E-state index in [9.17, 15) is 4.79 Å². The molecule has 6 rings (SSSR count). The number of hydrogen-bond donors (Lipinski definition) is 0. The summed E-state index contributed by atoms with van der Waals surface area (Å²) < 4.78 is 6.95. The average Bonchev–Trinajstić information content (AvgIpc) is 2.94. The molecule has 0 radical (unpaired) electrons. The van der Waals surface area contributed by atoms with E-state index in [-0.39, 0.29) is 5.56 Å². The van der Waals surface area contributed by atoms with Crippen molar-refractivity contribution in [3.05, 3.63) is 112 Å². The van der Waals surface area contributed by atoms with E-state index in [0.717, 1.165) is 22.7 Å². The molecule has 10 heteroatoms. The molecule has 3 aromatic heterocycles. The van der Waals surface area contributed by atoms with Gasteiger partial charge in [0.1, 0.15) is 24.1 Å². The van der Waals surface area contributed by atoms with E-state index in [4.69, 9.17) is 21.3 Å². The molecule has 1 atom stereocenters. The van der Waals surface area contributed by atoms with Gasteiger partial charge in [-0.3, -0.25) is 19.2 Å². The molecule has 0 saturated carbocycles. The predicted molar refractivity (Wildman–Crippen MR) is 146 cm³/mol. The fourth-order valence-corrected chi connectivity index (χ4v) is 5.22. The van der Waals surface area contributed by atoms with Crippen LogP contribution in [0.5, 0.6) is 5.75 Å². The number of aromatic nitrogens is 5. The number of pyridine rings is 1. The van der Waals surface area contributed by atoms with Crippen LogP contribution in [0, 0.1) is 0 Å². The van der Waals surface area contributed by atoms with Crippen LogP contribution < -0.4 is 15.2 Å². The van der Waals surface area contributed by atoms with E-state index in [1.54, 1.807) is 48.6 Å². The lowest BCUT2D eigenvalue weighted by atomic mass is 10.1. The van der Waals surface area contributed by atoms with Crippen molar-refractivity contribution in [2.75, 3.05) is 19.1 Å². The molecule has 1 aliphatic rings. The van der Waals surface area contributed by atoms with Crippen LogP contribution in [-0.2, 0) is 13.1 Å². The molecule has 0 aliphatic carbocycles. The Kier molecular flexibility index (Phi) is 6.22. The fourth-order valence-electron chi connectivity index (χ4n) is 4.97. The second kappa shape index (κ2) is 9.85. The molecule has 1 aliphatic heterocycles. The van der Waals surface area contributed by atoms with Gasteiger partial charge >= 0.3 is 0 Å². The van der Waals surface area contributed by atoms with Gasteiger partial charge in [-0.2, -0.15) is 0 Å². The number of rotatable bonds is 5. The normalized spacial score (nSPS) is 15.4. The van der Waals surface area contributed by atoms with E-state index >= 15 is 0 Å². The summed E-state index contributed by atoms with van der Waals surface area (Å²) in [6.45, 7) is 1.09. The maximum Gasteiger partial charge on any atom is 0.267 e. The Balaban J connectivity index is 1.60. The highest BCUT2D eigenvalue weighted by atomic mass is 35.5. The van der Waals surface area contributed by atoms with Crippen LogP contribution in [0.3, 0.4) is 0 Å². The molecule has 0 fully saturated rings. The molecular formula is C28H24ClN7O2. The molecule has 0 amide bonds. The maximum atomic E-state index is 14.0. The summed E-state index contributed by atoms with van der Waals surface area (Å²) in [6.07, 6.45) is 6.27. The number of methoxy groups -OCH3 is 1. The maximum absolute atomic E-state index is 14.0. The largest absolute Gasteiger partial charge is 0.497 e. The van der Waals surface area contributed by atoms with Crippen molar-refractivity contribution in [2.24, 2.45) is 0 Å². The Labute approximate surface area is 224 Å². The summed E-state index contributed by atoms with van der Waals surface area (Å²) in [5, 5.41) is 0.721. The zero-order chi connectivity index (χ0) is 26.2. The summed E-state index contributed by atoms with van der Waals surface area (Å²) in [5.41, 5.74) is 2.92. The highest BCUT2D eigenvalue weighted by molar-refractivity contribution is 6.35. The molecule has 2 aromatic carbocycles. The minimum Gasteiger partial charge on any atom is -0.497 e. The Morgan fingerprint density at radius 2 is 1.89 bits per heavy atom. The first-order valence-corrected chi connectivity index (χ1v) is 12.4. The van der Waals surface area contributed by atoms with Crippen LogP contribution in [-0.4, -0.2) is 43.6 Å². The number of fused-ring (bicyclic) bond motifs is 2. The third-order valence-electron chi connectivity index (χ3n) is 6.69. The Hall–Kier alpha value is -4.34. The Morgan fingerprint density at radius 3 is 2.66 bits per heavy atom. The molecular weight excluding hydrogens is 502 g/mol. The predicted octanol–water partition coefficient (Wildman–Crippen LogP) is 4.38. The summed E-state index contributed by atoms with van der Waals surface area (Å²) in [6, 6.07) is 16.9. The zero-order valence-electron chi connectivity index (χ0n) is 20.8. The molecule has 9 nitrogen and oxygen atoms in total. The van der Waals surface area contributed by atoms with Gasteiger partial charge in [-0.05, 0) is 49.0 Å². The number of nitrogens with zero attached hydrogens (tertiary/aromatic N) is 7. The van der Waals surface area contributed by atoms with Gasteiger partial charge in [0.15, 0.2) is 5.82 Å². The summed E-state index contributed by atoms with van der Waals surface area (Å²) in [7, 11) is 3.65. The molecule has 0 saturated heterocycles. The van der Waals surface area contributed by atoms with Crippen LogP contribution in [0.1, 0.15) is 23.1 Å². The molecule has 0 N–H and O–H groups in total. The van der Waals surface area contributed by atoms with Gasteiger partial charge in [0.2, 0.25) is 0 Å². The average molecular weight is 526 g/mol. The van der Waals surface area contributed by atoms with Crippen molar-refractivity contribution < 1.29 is 4.74 Å². The van der Waals surface area contributed by atoms with Crippen LogP contribution in [0.4, 0.5) is 5.82 Å². The van der Waals surface area contributed by atoms with Crippen LogP contribution in [0.2, 0.25) is 5.02 Å². The van der Waals surface area contributed by atoms with Crippen molar-refractivity contribution in [1.82, 2.24) is 29.4 Å². The lowest BCUT2D eigenvalue weighted by Crippen LogP contribution is -2.46. The molecule has 0 bridgehead atoms. The molecule has 190 valence electrons. The second-order valence-corrected chi connectivity index (χ2v) is 9.50. The topological polar surface area (TPSA) is 89.3 Å². The van der Waals surface area contributed by atoms with Crippen LogP contribution in [0.25, 0.3) is 16.6 Å². The highest BCUT2D eigenvalue weighted by Crippen LogP contribution is 2.38. The van der Waals surface area contributed by atoms with Gasteiger partial charge in [0.25, 0.3) is 5.56 Å². The Morgan fingerprint density at radius 1 is 1.05 bits per heavy atom. The van der Waals surface area contributed by atoms with Crippen molar-refractivity contribution in [3.63, 3.8) is 0 Å². The van der Waals surface area contributed by atoms with Crippen molar-refractivity contribution in [3.8, 4) is 11.4 Å². The first kappa shape index (κ1) is 24.0. The number of halogens is 1. The van der Waals surface area contributed by atoms with Crippen LogP contribution in [0.15, 0.2) is 84.3 Å². The molecule has 4 heterocycles. The van der Waals surface area contributed by atoms with E-state index in [0.29, 0.717) is 40.5 Å². The summed E-state index contributed by atoms with van der Waals surface area (Å²) in [5.74, 6) is 2.11. The summed E-state index contributed by atoms with van der Waals surface area (Å²) in [4.78, 5) is 36.5. The minimum absolute atomic E-state index is 0.255. The lowest BCUT2D eigenvalue weighted by Gasteiger charge is -2.43. The number of hydrogen-bond acceptors (Lipinski definition) is 8. The van der Waals surface area contributed by atoms with E-state index in [1.165, 1.54) is 0 Å². The van der Waals surface area contributed by atoms with Gasteiger partial charge in [-0.1, -0.05) is 29.8 Å². The number of ether oxygens (including phenoxy) is 1. The third kappa shape index (κ3) is 4.15. The van der Waals surface area contributed by atoms with E-state index in [2.05, 4.69) is 24.8 Å². The smallest absolute Gasteiger partial charge is 0.267 e. The quantitative estimate of drug-likeness (QED) is 0.334. The van der Waals surface area contributed by atoms with Gasteiger partial charge < -0.3 is 9.64 Å². The van der Waals surface area contributed by atoms with E-state index in [1.807, 2.05) is 49.6 Å². The second-order valence-electron chi connectivity index (χ2n) is 9.09. The van der Waals surface area contributed by atoms with Gasteiger partial charge in [0, 0.05) is 31.0 Å². The van der Waals surface area contributed by atoms with Gasteiger partial charge in [-0.15, -0.1) is 0 Å². The third-order valence-corrected chi connectivity index (χ3v) is 7.00. The fraction of sp³-hybridized carbons (Fsp3) is 0.179. The SMILES string of the molecule is COc1ccc(CN2c3ncncc3CN(C)C2c2nc3cccc(Cl)c3c(=O)n2-c2cccnc2)cc1. The number of anilines is 1. The number of benzene rings is 2. The molecule has 0 spiro atoms. The first-order valence-electron chi connectivity index (χ1n) is 12.1. The van der Waals surface area contributed by atoms with Gasteiger partial charge in [-0.25, -0.2) is 15.0 Å². The monoisotopic (exact) mass is 525 g/mol. The zero-order valence-corrected chi connectivity index (χ0v) is 21.6. The molecule has 5 aromatic rings.